The van der Waals surface area contributed by atoms with E-state index >= 15 is 0 Å². The largest absolute Gasteiger partial charge is 0.475 e. The second-order valence-electron chi connectivity index (χ2n) is 5.62. The molecule has 130 valence electrons. The normalized spacial score (nSPS) is 14.7. The van der Waals surface area contributed by atoms with Gasteiger partial charge in [0.05, 0.1) is 19.4 Å². The maximum atomic E-state index is 11.3. The molecule has 0 saturated carbocycles. The number of ether oxygens (including phenoxy) is 1. The maximum Gasteiger partial charge on any atom is 0.374 e. The van der Waals surface area contributed by atoms with Crippen molar-refractivity contribution in [2.45, 2.75) is 6.92 Å². The van der Waals surface area contributed by atoms with Crippen LogP contribution in [0.2, 0.25) is 0 Å². The number of rotatable bonds is 5. The van der Waals surface area contributed by atoms with E-state index in [0.717, 1.165) is 11.1 Å². The van der Waals surface area contributed by atoms with Crippen LogP contribution in [0, 0.1) is 6.92 Å². The number of carboxylic acids is 1. The third-order valence-electron chi connectivity index (χ3n) is 3.67. The third-order valence-corrected chi connectivity index (χ3v) is 3.67. The fourth-order valence-electron chi connectivity index (χ4n) is 2.47. The molecule has 2 N–H and O–H groups in total. The van der Waals surface area contributed by atoms with Gasteiger partial charge in [-0.2, -0.15) is 5.10 Å². The summed E-state index contributed by atoms with van der Waals surface area (Å²) in [4.78, 5) is 21.3. The molecule has 0 atom stereocenters. The van der Waals surface area contributed by atoms with Crippen LogP contribution < -0.4 is 10.3 Å². The molecule has 1 fully saturated rings. The zero-order valence-corrected chi connectivity index (χ0v) is 13.8. The monoisotopic (exact) mass is 341 g/mol. The Kier molecular flexibility index (Phi) is 5.20. The van der Waals surface area contributed by atoms with Crippen LogP contribution >= 0.6 is 0 Å². The second-order valence-corrected chi connectivity index (χ2v) is 5.62. The Morgan fingerprint density at radius 2 is 2.12 bits per heavy atom. The minimum Gasteiger partial charge on any atom is -0.475 e. The van der Waals surface area contributed by atoms with Gasteiger partial charge in [0.1, 0.15) is 5.82 Å². The number of benzene rings is 1. The molecular weight excluding hydrogens is 322 g/mol. The molecular formula is C17H19N5O3. The van der Waals surface area contributed by atoms with Gasteiger partial charge < -0.3 is 14.7 Å². The van der Waals surface area contributed by atoms with Crippen molar-refractivity contribution in [1.29, 1.82) is 0 Å². The van der Waals surface area contributed by atoms with Crippen molar-refractivity contribution < 1.29 is 14.6 Å². The van der Waals surface area contributed by atoms with Gasteiger partial charge in [0.2, 0.25) is 5.82 Å². The lowest BCUT2D eigenvalue weighted by molar-refractivity contribution is 0.0683. The lowest BCUT2D eigenvalue weighted by atomic mass is 10.2. The van der Waals surface area contributed by atoms with Crippen LogP contribution in [-0.4, -0.2) is 53.6 Å². The smallest absolute Gasteiger partial charge is 0.374 e. The number of hydrogen-bond acceptors (Lipinski definition) is 7. The Morgan fingerprint density at radius 1 is 1.32 bits per heavy atom. The van der Waals surface area contributed by atoms with E-state index in [1.165, 1.54) is 0 Å². The number of hydrogen-bond donors (Lipinski definition) is 2. The van der Waals surface area contributed by atoms with E-state index < -0.39 is 5.97 Å². The van der Waals surface area contributed by atoms with Gasteiger partial charge in [0, 0.05) is 19.2 Å². The maximum absolute atomic E-state index is 11.3. The van der Waals surface area contributed by atoms with E-state index in [1.807, 2.05) is 36.1 Å². The van der Waals surface area contributed by atoms with Crippen molar-refractivity contribution in [3.63, 3.8) is 0 Å². The lowest BCUT2D eigenvalue weighted by Crippen LogP contribution is -2.37. The molecule has 1 aromatic heterocycles. The fourth-order valence-corrected chi connectivity index (χ4v) is 2.47. The molecule has 1 aliphatic heterocycles. The average Bonchev–Trinajstić information content (AvgIpc) is 2.62. The Morgan fingerprint density at radius 3 is 2.84 bits per heavy atom. The molecule has 2 heterocycles. The number of nitrogens with one attached hydrogen (secondary N) is 1. The number of aromatic carboxylic acids is 1. The minimum absolute atomic E-state index is 0.266. The molecule has 0 spiro atoms. The first-order chi connectivity index (χ1) is 12.1. The van der Waals surface area contributed by atoms with Gasteiger partial charge >= 0.3 is 5.97 Å². The van der Waals surface area contributed by atoms with Gasteiger partial charge in [-0.3, -0.25) is 5.43 Å². The number of carboxylic acid groups (broad SMARTS) is 1. The van der Waals surface area contributed by atoms with E-state index in [4.69, 9.17) is 4.74 Å². The van der Waals surface area contributed by atoms with Crippen LogP contribution in [0.15, 0.2) is 35.4 Å². The molecule has 0 aliphatic carbocycles. The van der Waals surface area contributed by atoms with Crippen LogP contribution in [-0.2, 0) is 4.74 Å². The molecule has 1 aliphatic rings. The molecule has 1 aromatic carbocycles. The number of nitrogens with zero attached hydrogens (tertiary/aromatic N) is 4. The number of aromatic nitrogens is 2. The third kappa shape index (κ3) is 4.51. The predicted octanol–water partition coefficient (Wildman–Crippen LogP) is 1.77. The Hall–Kier alpha value is -3.00. The molecule has 2 aromatic rings. The van der Waals surface area contributed by atoms with Gasteiger partial charge in [-0.1, -0.05) is 29.8 Å². The summed E-state index contributed by atoms with van der Waals surface area (Å²) in [5.41, 5.74) is 4.86. The summed E-state index contributed by atoms with van der Waals surface area (Å²) in [5.74, 6) is -0.570. The van der Waals surface area contributed by atoms with Crippen molar-refractivity contribution in [1.82, 2.24) is 9.97 Å². The van der Waals surface area contributed by atoms with Gasteiger partial charge in [-0.05, 0) is 12.5 Å². The molecule has 8 nitrogen and oxygen atoms in total. The zero-order valence-electron chi connectivity index (χ0n) is 13.8. The molecule has 0 unspecified atom stereocenters. The highest BCUT2D eigenvalue weighted by Crippen LogP contribution is 2.17. The number of anilines is 2. The topological polar surface area (TPSA) is 99.9 Å². The first-order valence-corrected chi connectivity index (χ1v) is 7.92. The number of aryl methyl sites for hydroxylation is 1. The average molecular weight is 341 g/mol. The van der Waals surface area contributed by atoms with E-state index in [0.29, 0.717) is 37.9 Å². The Bertz CT molecular complexity index is 788. The van der Waals surface area contributed by atoms with Crippen LogP contribution in [0.5, 0.6) is 0 Å². The first-order valence-electron chi connectivity index (χ1n) is 7.92. The number of morpholine rings is 1. The summed E-state index contributed by atoms with van der Waals surface area (Å²) in [6, 6.07) is 9.56. The number of hydrazone groups is 1. The van der Waals surface area contributed by atoms with Crippen LogP contribution in [0.1, 0.15) is 21.7 Å². The highest BCUT2D eigenvalue weighted by atomic mass is 16.5. The van der Waals surface area contributed by atoms with E-state index in [9.17, 15) is 9.90 Å². The molecule has 0 radical (unpaired) electrons. The van der Waals surface area contributed by atoms with E-state index in [2.05, 4.69) is 20.5 Å². The lowest BCUT2D eigenvalue weighted by Gasteiger charge is -2.27. The first kappa shape index (κ1) is 16.8. The van der Waals surface area contributed by atoms with Gasteiger partial charge in [-0.25, -0.2) is 14.8 Å². The van der Waals surface area contributed by atoms with Gasteiger partial charge in [-0.15, -0.1) is 0 Å². The highest BCUT2D eigenvalue weighted by molar-refractivity contribution is 5.84. The molecule has 8 heteroatoms. The van der Waals surface area contributed by atoms with Crippen molar-refractivity contribution in [3.05, 3.63) is 47.3 Å². The van der Waals surface area contributed by atoms with Crippen molar-refractivity contribution in [2.75, 3.05) is 36.6 Å². The Labute approximate surface area is 145 Å². The molecule has 25 heavy (non-hydrogen) atoms. The quantitative estimate of drug-likeness (QED) is 0.631. The molecule has 3 rings (SSSR count). The minimum atomic E-state index is -1.18. The molecule has 1 saturated heterocycles. The Balaban J connectivity index is 1.79. The second kappa shape index (κ2) is 7.71. The SMILES string of the molecule is Cc1cccc(C=NNc2cc(N3CCOCC3)nc(C(=O)O)n2)c1. The summed E-state index contributed by atoms with van der Waals surface area (Å²) < 4.78 is 5.31. The van der Waals surface area contributed by atoms with E-state index in [1.54, 1.807) is 12.3 Å². The van der Waals surface area contributed by atoms with Crippen LogP contribution in [0.4, 0.5) is 11.6 Å². The summed E-state index contributed by atoms with van der Waals surface area (Å²) in [6.07, 6.45) is 1.66. The van der Waals surface area contributed by atoms with Crippen molar-refractivity contribution in [2.24, 2.45) is 5.10 Å². The van der Waals surface area contributed by atoms with Crippen molar-refractivity contribution in [3.8, 4) is 0 Å². The summed E-state index contributed by atoms with van der Waals surface area (Å²) >= 11 is 0. The fraction of sp³-hybridized carbons (Fsp3) is 0.294. The van der Waals surface area contributed by atoms with Crippen LogP contribution in [0.3, 0.4) is 0 Å². The molecule has 0 bridgehead atoms. The standard InChI is InChI=1S/C17H19N5O3/c1-12-3-2-4-13(9-12)11-18-21-14-10-15(20-16(19-14)17(23)24)22-5-7-25-8-6-22/h2-4,9-11H,5-8H2,1H3,(H,23,24)(H,19,20,21). The van der Waals surface area contributed by atoms with Crippen molar-refractivity contribution >= 4 is 23.8 Å². The highest BCUT2D eigenvalue weighted by Gasteiger charge is 2.17. The summed E-state index contributed by atoms with van der Waals surface area (Å²) in [7, 11) is 0. The predicted molar refractivity (Wildman–Crippen MR) is 94.4 cm³/mol. The number of carbonyl (C=O) groups is 1. The van der Waals surface area contributed by atoms with Crippen LogP contribution in [0.25, 0.3) is 0 Å². The van der Waals surface area contributed by atoms with E-state index in [-0.39, 0.29) is 5.82 Å². The van der Waals surface area contributed by atoms with Gasteiger partial charge in [0.25, 0.3) is 0 Å². The summed E-state index contributed by atoms with van der Waals surface area (Å²) in [6.45, 7) is 4.48. The van der Waals surface area contributed by atoms with Gasteiger partial charge in [0.15, 0.2) is 5.82 Å². The zero-order chi connectivity index (χ0) is 17.6. The summed E-state index contributed by atoms with van der Waals surface area (Å²) in [5, 5.41) is 13.4. The molecule has 0 amide bonds.